The lowest BCUT2D eigenvalue weighted by atomic mass is 10.2. The Morgan fingerprint density at radius 3 is 2.89 bits per heavy atom. The molecule has 18 heavy (non-hydrogen) atoms. The summed E-state index contributed by atoms with van der Waals surface area (Å²) in [6.07, 6.45) is 3.97. The first-order valence-corrected chi connectivity index (χ1v) is 6.98. The van der Waals surface area contributed by atoms with Crippen LogP contribution in [0.15, 0.2) is 41.0 Å². The average Bonchev–Trinajstić information content (AvgIpc) is 2.86. The van der Waals surface area contributed by atoms with Crippen molar-refractivity contribution in [3.8, 4) is 11.3 Å². The van der Waals surface area contributed by atoms with Crippen LogP contribution in [0.5, 0.6) is 0 Å². The summed E-state index contributed by atoms with van der Waals surface area (Å²) in [5, 5.41) is 2.64. The molecule has 0 saturated heterocycles. The van der Waals surface area contributed by atoms with Crippen molar-refractivity contribution in [2.24, 2.45) is 0 Å². The molecule has 0 fully saturated rings. The molecular weight excluding hydrogens is 248 g/mol. The Bertz CT molecular complexity index is 511. The molecule has 1 heterocycles. The van der Waals surface area contributed by atoms with Crippen LogP contribution in [0, 0.1) is 0 Å². The number of thioether (sulfide) groups is 1. The number of rotatable bonds is 5. The van der Waals surface area contributed by atoms with E-state index in [0.29, 0.717) is 6.42 Å². The highest BCUT2D eigenvalue weighted by atomic mass is 32.2. The quantitative estimate of drug-likeness (QED) is 0.899. The minimum atomic E-state index is -0.0780. The van der Waals surface area contributed by atoms with Crippen molar-refractivity contribution >= 4 is 23.7 Å². The number of anilines is 1. The fraction of sp³-hybridized carbons (Fsp3) is 0.231. The number of hydrogen-bond acceptors (Lipinski definition) is 4. The van der Waals surface area contributed by atoms with E-state index in [4.69, 9.17) is 4.42 Å². The van der Waals surface area contributed by atoms with Gasteiger partial charge in [-0.1, -0.05) is 30.3 Å². The van der Waals surface area contributed by atoms with Crippen LogP contribution in [0.3, 0.4) is 0 Å². The lowest BCUT2D eigenvalue weighted by Crippen LogP contribution is -2.12. The van der Waals surface area contributed by atoms with Gasteiger partial charge in [0.2, 0.25) is 5.91 Å². The number of carbonyl (C=O) groups excluding carboxylic acids is 1. The Morgan fingerprint density at radius 2 is 2.17 bits per heavy atom. The molecule has 0 bridgehead atoms. The summed E-state index contributed by atoms with van der Waals surface area (Å²) >= 11 is 1.63. The van der Waals surface area contributed by atoms with Crippen LogP contribution in [-0.2, 0) is 4.79 Å². The van der Waals surface area contributed by atoms with Crippen LogP contribution in [0.4, 0.5) is 6.01 Å². The van der Waals surface area contributed by atoms with E-state index in [1.807, 2.05) is 36.6 Å². The first-order valence-electron chi connectivity index (χ1n) is 5.59. The van der Waals surface area contributed by atoms with Gasteiger partial charge in [0.1, 0.15) is 12.0 Å². The second-order valence-corrected chi connectivity index (χ2v) is 4.68. The fourth-order valence-corrected chi connectivity index (χ4v) is 1.84. The van der Waals surface area contributed by atoms with Crippen LogP contribution in [0.2, 0.25) is 0 Å². The zero-order valence-electron chi connectivity index (χ0n) is 10.1. The largest absolute Gasteiger partial charge is 0.431 e. The Morgan fingerprint density at radius 1 is 1.39 bits per heavy atom. The highest BCUT2D eigenvalue weighted by Gasteiger charge is 2.08. The summed E-state index contributed by atoms with van der Waals surface area (Å²) in [5.41, 5.74) is 1.68. The minimum absolute atomic E-state index is 0.0780. The number of nitrogens with one attached hydrogen (secondary N) is 1. The van der Waals surface area contributed by atoms with Gasteiger partial charge in [0.25, 0.3) is 0 Å². The molecule has 5 heteroatoms. The molecule has 0 aliphatic carbocycles. The zero-order chi connectivity index (χ0) is 12.8. The highest BCUT2D eigenvalue weighted by Crippen LogP contribution is 2.20. The van der Waals surface area contributed by atoms with E-state index in [9.17, 15) is 4.79 Å². The van der Waals surface area contributed by atoms with Gasteiger partial charge in [0, 0.05) is 17.7 Å². The van der Waals surface area contributed by atoms with Crippen molar-refractivity contribution in [1.82, 2.24) is 4.98 Å². The molecule has 0 atom stereocenters. The number of carbonyl (C=O) groups is 1. The van der Waals surface area contributed by atoms with Crippen molar-refractivity contribution in [1.29, 1.82) is 0 Å². The molecule has 0 aliphatic heterocycles. The second-order valence-electron chi connectivity index (χ2n) is 3.69. The lowest BCUT2D eigenvalue weighted by molar-refractivity contribution is -0.115. The predicted molar refractivity (Wildman–Crippen MR) is 73.6 cm³/mol. The second kappa shape index (κ2) is 6.26. The molecule has 4 nitrogen and oxygen atoms in total. The highest BCUT2D eigenvalue weighted by molar-refractivity contribution is 7.98. The van der Waals surface area contributed by atoms with Crippen molar-refractivity contribution in [2.75, 3.05) is 17.3 Å². The maximum absolute atomic E-state index is 11.5. The number of aromatic nitrogens is 1. The van der Waals surface area contributed by atoms with Gasteiger partial charge < -0.3 is 4.42 Å². The Kier molecular flexibility index (Phi) is 4.41. The van der Waals surface area contributed by atoms with Crippen LogP contribution in [0.1, 0.15) is 6.42 Å². The minimum Gasteiger partial charge on any atom is -0.431 e. The summed E-state index contributed by atoms with van der Waals surface area (Å²) in [6, 6.07) is 9.93. The van der Waals surface area contributed by atoms with Crippen LogP contribution < -0.4 is 5.32 Å². The summed E-state index contributed by atoms with van der Waals surface area (Å²) in [5.74, 6) is 0.712. The molecule has 0 aliphatic rings. The number of nitrogens with zero attached hydrogens (tertiary/aromatic N) is 1. The Labute approximate surface area is 110 Å². The van der Waals surface area contributed by atoms with Crippen molar-refractivity contribution < 1.29 is 9.21 Å². The molecule has 0 radical (unpaired) electrons. The number of benzene rings is 1. The normalized spacial score (nSPS) is 10.3. The number of oxazole rings is 1. The molecule has 94 valence electrons. The van der Waals surface area contributed by atoms with Crippen LogP contribution in [-0.4, -0.2) is 22.9 Å². The lowest BCUT2D eigenvalue weighted by Gasteiger charge is -1.98. The maximum Gasteiger partial charge on any atom is 0.301 e. The molecule has 0 unspecified atom stereocenters. The van der Waals surface area contributed by atoms with Crippen molar-refractivity contribution in [3.05, 3.63) is 36.6 Å². The van der Waals surface area contributed by atoms with E-state index >= 15 is 0 Å². The SMILES string of the molecule is CSCCC(=O)Nc1nc(-c2ccccc2)co1. The first-order chi connectivity index (χ1) is 8.79. The Hall–Kier alpha value is -1.75. The predicted octanol–water partition coefficient (Wildman–Crippen LogP) is 3.03. The molecule has 1 amide bonds. The van der Waals surface area contributed by atoms with Gasteiger partial charge in [-0.25, -0.2) is 0 Å². The van der Waals surface area contributed by atoms with E-state index in [2.05, 4.69) is 10.3 Å². The molecule has 1 N–H and O–H groups in total. The topological polar surface area (TPSA) is 55.1 Å². The summed E-state index contributed by atoms with van der Waals surface area (Å²) < 4.78 is 5.22. The van der Waals surface area contributed by atoms with Gasteiger partial charge in [-0.2, -0.15) is 16.7 Å². The third-order valence-electron chi connectivity index (χ3n) is 2.35. The van der Waals surface area contributed by atoms with Gasteiger partial charge in [-0.15, -0.1) is 0 Å². The summed E-state index contributed by atoms with van der Waals surface area (Å²) in [6.45, 7) is 0. The van der Waals surface area contributed by atoms with Gasteiger partial charge in [0.15, 0.2) is 0 Å². The zero-order valence-corrected chi connectivity index (χ0v) is 10.9. The molecular formula is C13H14N2O2S. The molecule has 2 rings (SSSR count). The monoisotopic (exact) mass is 262 g/mol. The average molecular weight is 262 g/mol. The first kappa shape index (κ1) is 12.7. The molecule has 0 saturated carbocycles. The molecule has 0 spiro atoms. The molecule has 2 aromatic rings. The van der Waals surface area contributed by atoms with Crippen LogP contribution in [0.25, 0.3) is 11.3 Å². The Balaban J connectivity index is 2.00. The van der Waals surface area contributed by atoms with E-state index in [1.165, 1.54) is 0 Å². The molecule has 1 aromatic heterocycles. The summed E-state index contributed by atoms with van der Waals surface area (Å²) in [7, 11) is 0. The van der Waals surface area contributed by atoms with Gasteiger partial charge in [0.05, 0.1) is 0 Å². The van der Waals surface area contributed by atoms with Crippen molar-refractivity contribution in [2.45, 2.75) is 6.42 Å². The van der Waals surface area contributed by atoms with Gasteiger partial charge in [-0.3, -0.25) is 10.1 Å². The smallest absolute Gasteiger partial charge is 0.301 e. The van der Waals surface area contributed by atoms with E-state index in [0.717, 1.165) is 17.0 Å². The van der Waals surface area contributed by atoms with Crippen molar-refractivity contribution in [3.63, 3.8) is 0 Å². The third-order valence-corrected chi connectivity index (χ3v) is 2.97. The molecule has 1 aromatic carbocycles. The van der Waals surface area contributed by atoms with Gasteiger partial charge >= 0.3 is 6.01 Å². The van der Waals surface area contributed by atoms with Crippen LogP contribution >= 0.6 is 11.8 Å². The van der Waals surface area contributed by atoms with E-state index in [-0.39, 0.29) is 11.9 Å². The number of hydrogen-bond donors (Lipinski definition) is 1. The summed E-state index contributed by atoms with van der Waals surface area (Å²) in [4.78, 5) is 15.7. The van der Waals surface area contributed by atoms with E-state index < -0.39 is 0 Å². The number of amides is 1. The maximum atomic E-state index is 11.5. The van der Waals surface area contributed by atoms with E-state index in [1.54, 1.807) is 18.0 Å². The fourth-order valence-electron chi connectivity index (χ4n) is 1.45. The van der Waals surface area contributed by atoms with Gasteiger partial charge in [-0.05, 0) is 6.26 Å². The third kappa shape index (κ3) is 3.37. The standard InChI is InChI=1S/C13H14N2O2S/c1-18-8-7-12(16)15-13-14-11(9-17-13)10-5-3-2-4-6-10/h2-6,9H,7-8H2,1H3,(H,14,15,16).